The molecule has 0 unspecified atom stereocenters. The van der Waals surface area contributed by atoms with Crippen molar-refractivity contribution in [2.75, 3.05) is 0 Å². The van der Waals surface area contributed by atoms with E-state index in [1.165, 1.54) is 45.4 Å². The monoisotopic (exact) mass is 422 g/mol. The van der Waals surface area contributed by atoms with Crippen LogP contribution >= 0.6 is 0 Å². The number of hydrogen-bond donors (Lipinski definition) is 0. The first-order valence-corrected chi connectivity index (χ1v) is 10.9. The normalized spacial score (nSPS) is 12.3. The minimum absolute atomic E-state index is 0.179. The van der Waals surface area contributed by atoms with Crippen LogP contribution in [0, 0.1) is 0 Å². The average Bonchev–Trinajstić information content (AvgIpc) is 3.34. The van der Waals surface area contributed by atoms with Crippen molar-refractivity contribution in [2.24, 2.45) is 14.1 Å². The van der Waals surface area contributed by atoms with E-state index in [-0.39, 0.29) is 11.9 Å². The Morgan fingerprint density at radius 3 is 2.03 bits per heavy atom. The van der Waals surface area contributed by atoms with Crippen LogP contribution in [-0.4, -0.2) is 15.1 Å². The van der Waals surface area contributed by atoms with Gasteiger partial charge in [-0.2, -0.15) is 0 Å². The lowest BCUT2D eigenvalue weighted by atomic mass is 9.85. The molecule has 0 aliphatic heterocycles. The summed E-state index contributed by atoms with van der Waals surface area (Å²) >= 11 is 0. The molecule has 4 heteroatoms. The number of hydrogen-bond acceptors (Lipinski definition) is 2. The Kier molecular flexibility index (Phi) is 5.06. The second kappa shape index (κ2) is 8.04. The molecule has 0 fully saturated rings. The third-order valence-electron chi connectivity index (χ3n) is 6.25. The van der Waals surface area contributed by atoms with Crippen LogP contribution in [0.25, 0.3) is 21.8 Å². The van der Waals surface area contributed by atoms with Crippen LogP contribution in [0.1, 0.15) is 29.5 Å². The number of nitrogens with zero attached hydrogens (tertiary/aromatic N) is 2. The Morgan fingerprint density at radius 2 is 1.38 bits per heavy atom. The lowest BCUT2D eigenvalue weighted by molar-refractivity contribution is -0.131. The molecule has 5 aromatic rings. The Bertz CT molecular complexity index is 1420. The van der Waals surface area contributed by atoms with E-state index in [1.807, 2.05) is 12.1 Å². The Morgan fingerprint density at radius 1 is 0.781 bits per heavy atom. The van der Waals surface area contributed by atoms with Crippen LogP contribution in [0.5, 0.6) is 5.75 Å². The summed E-state index contributed by atoms with van der Waals surface area (Å²) < 4.78 is 9.57. The second-order valence-electron chi connectivity index (χ2n) is 8.48. The zero-order chi connectivity index (χ0) is 22.2. The lowest BCUT2D eigenvalue weighted by Crippen LogP contribution is -2.07. The third kappa shape index (κ3) is 3.80. The zero-order valence-corrected chi connectivity index (χ0v) is 18.6. The van der Waals surface area contributed by atoms with Gasteiger partial charge in [-0.1, -0.05) is 36.4 Å². The number of aromatic nitrogens is 2. The molecule has 2 aromatic heterocycles. The number of benzene rings is 3. The van der Waals surface area contributed by atoms with Crippen molar-refractivity contribution in [2.45, 2.75) is 19.3 Å². The molecular formula is C28H26N2O2. The topological polar surface area (TPSA) is 36.2 Å². The van der Waals surface area contributed by atoms with E-state index in [4.69, 9.17) is 4.74 Å². The van der Waals surface area contributed by atoms with Gasteiger partial charge < -0.3 is 13.9 Å². The van der Waals surface area contributed by atoms with Gasteiger partial charge in [-0.3, -0.25) is 4.79 Å². The predicted octanol–water partition coefficient (Wildman–Crippen LogP) is 5.97. The van der Waals surface area contributed by atoms with Gasteiger partial charge in [0.15, 0.2) is 0 Å². The Labute approximate surface area is 187 Å². The van der Waals surface area contributed by atoms with E-state index in [9.17, 15) is 4.79 Å². The smallest absolute Gasteiger partial charge is 0.308 e. The highest BCUT2D eigenvalue weighted by atomic mass is 16.5. The minimum Gasteiger partial charge on any atom is -0.427 e. The van der Waals surface area contributed by atoms with Crippen LogP contribution in [0.4, 0.5) is 0 Å². The van der Waals surface area contributed by atoms with E-state index >= 15 is 0 Å². The van der Waals surface area contributed by atoms with Crippen molar-refractivity contribution in [1.29, 1.82) is 0 Å². The molecule has 5 rings (SSSR count). The summed E-state index contributed by atoms with van der Waals surface area (Å²) in [6.45, 7) is 1.42. The van der Waals surface area contributed by atoms with Gasteiger partial charge in [-0.05, 0) is 70.3 Å². The first-order chi connectivity index (χ1) is 15.5. The van der Waals surface area contributed by atoms with Crippen LogP contribution in [0.15, 0.2) is 85.2 Å². The third-order valence-corrected chi connectivity index (χ3v) is 6.25. The fraction of sp³-hybridized carbons (Fsp3) is 0.179. The number of aryl methyl sites for hydroxylation is 2. The van der Waals surface area contributed by atoms with Gasteiger partial charge in [-0.25, -0.2) is 0 Å². The predicted molar refractivity (Wildman–Crippen MR) is 129 cm³/mol. The molecular weight excluding hydrogens is 396 g/mol. The average molecular weight is 423 g/mol. The van der Waals surface area contributed by atoms with Crippen LogP contribution in [0.3, 0.4) is 0 Å². The van der Waals surface area contributed by atoms with Crippen molar-refractivity contribution in [3.05, 3.63) is 102 Å². The van der Waals surface area contributed by atoms with Gasteiger partial charge in [0, 0.05) is 50.4 Å². The van der Waals surface area contributed by atoms with Crippen LogP contribution in [-0.2, 0) is 25.3 Å². The van der Waals surface area contributed by atoms with E-state index in [0.717, 1.165) is 6.42 Å². The maximum Gasteiger partial charge on any atom is 0.308 e. The number of ether oxygens (including phenoxy) is 1. The molecule has 0 saturated carbocycles. The van der Waals surface area contributed by atoms with Crippen molar-refractivity contribution >= 4 is 27.8 Å². The van der Waals surface area contributed by atoms with Gasteiger partial charge >= 0.3 is 5.97 Å². The highest BCUT2D eigenvalue weighted by Crippen LogP contribution is 2.33. The molecule has 0 spiro atoms. The van der Waals surface area contributed by atoms with Gasteiger partial charge in [0.05, 0.1) is 0 Å². The number of rotatable bonds is 5. The van der Waals surface area contributed by atoms with Gasteiger partial charge in [0.1, 0.15) is 5.75 Å². The Balaban J connectivity index is 1.57. The summed E-state index contributed by atoms with van der Waals surface area (Å²) in [5.41, 5.74) is 6.22. The lowest BCUT2D eigenvalue weighted by Gasteiger charge is -2.19. The van der Waals surface area contributed by atoms with Crippen molar-refractivity contribution in [3.63, 3.8) is 0 Å². The summed E-state index contributed by atoms with van der Waals surface area (Å²) in [7, 11) is 4.17. The van der Waals surface area contributed by atoms with E-state index in [2.05, 4.69) is 96.3 Å². The van der Waals surface area contributed by atoms with Crippen molar-refractivity contribution < 1.29 is 9.53 Å². The summed E-state index contributed by atoms with van der Waals surface area (Å²) in [5.74, 6) is 0.445. The molecule has 160 valence electrons. The van der Waals surface area contributed by atoms with Gasteiger partial charge in [0.25, 0.3) is 0 Å². The maximum absolute atomic E-state index is 11.3. The molecule has 32 heavy (non-hydrogen) atoms. The molecule has 1 atom stereocenters. The molecule has 3 aromatic carbocycles. The summed E-state index contributed by atoms with van der Waals surface area (Å²) in [5, 5.41) is 2.49. The molecule has 0 aliphatic rings. The van der Waals surface area contributed by atoms with Crippen LogP contribution in [0.2, 0.25) is 0 Å². The molecule has 0 aliphatic carbocycles. The zero-order valence-electron chi connectivity index (χ0n) is 18.6. The maximum atomic E-state index is 11.3. The molecule has 0 bridgehead atoms. The van der Waals surface area contributed by atoms with Crippen molar-refractivity contribution in [1.82, 2.24) is 9.13 Å². The largest absolute Gasteiger partial charge is 0.427 e. The number of carbonyl (C=O) groups excluding carboxylic acids is 1. The summed E-state index contributed by atoms with van der Waals surface area (Å²) in [6.07, 6.45) is 5.08. The summed E-state index contributed by atoms with van der Waals surface area (Å²) in [4.78, 5) is 11.3. The fourth-order valence-corrected chi connectivity index (χ4v) is 4.53. The first-order valence-electron chi connectivity index (χ1n) is 10.9. The van der Waals surface area contributed by atoms with E-state index in [1.54, 1.807) is 0 Å². The summed E-state index contributed by atoms with van der Waals surface area (Å²) in [6, 6.07) is 25.6. The van der Waals surface area contributed by atoms with Gasteiger partial charge in [0.2, 0.25) is 0 Å². The molecule has 0 N–H and O–H groups in total. The minimum atomic E-state index is -0.306. The number of esters is 1. The number of carbonyl (C=O) groups is 1. The quantitative estimate of drug-likeness (QED) is 0.258. The van der Waals surface area contributed by atoms with Crippen molar-refractivity contribution in [3.8, 4) is 5.75 Å². The fourth-order valence-electron chi connectivity index (χ4n) is 4.53. The van der Waals surface area contributed by atoms with Gasteiger partial charge in [-0.15, -0.1) is 0 Å². The SMILES string of the molecule is CC(=O)Oc1ccc([C@H](Cc2ccc3ccn(C)c3c2)c2ccc3ccn(C)c3c2)cc1. The highest BCUT2D eigenvalue weighted by molar-refractivity contribution is 5.82. The molecule has 0 radical (unpaired) electrons. The standard InChI is InChI=1S/C28H26N2O2/c1-19(31)32-25-10-8-21(9-11-25)26(24-7-6-23-13-15-30(3)28(23)18-24)16-20-4-5-22-12-14-29(2)27(22)17-20/h4-15,17-18,26H,16H2,1-3H3/t26-/m0/s1. The highest BCUT2D eigenvalue weighted by Gasteiger charge is 2.17. The van der Waals surface area contributed by atoms with Crippen LogP contribution < -0.4 is 4.74 Å². The molecule has 0 saturated heterocycles. The molecule has 0 amide bonds. The first kappa shape index (κ1) is 20.1. The Hall–Kier alpha value is -3.79. The molecule has 4 nitrogen and oxygen atoms in total. The second-order valence-corrected chi connectivity index (χ2v) is 8.48. The van der Waals surface area contributed by atoms with E-state index in [0.29, 0.717) is 5.75 Å². The van der Waals surface area contributed by atoms with E-state index < -0.39 is 0 Å². The molecule has 2 heterocycles. The number of fused-ring (bicyclic) bond motifs is 2.